The fourth-order valence-electron chi connectivity index (χ4n) is 1.44. The van der Waals surface area contributed by atoms with Crippen LogP contribution in [0.15, 0.2) is 31.1 Å². The Morgan fingerprint density at radius 2 is 2.28 bits per heavy atom. The molecule has 94 valence electrons. The normalized spacial score (nSPS) is 10.2. The second-order valence-electron chi connectivity index (χ2n) is 3.73. The first-order chi connectivity index (χ1) is 8.75. The number of thiocarbonyl (C=S) groups is 1. The first kappa shape index (κ1) is 12.4. The number of rotatable bonds is 6. The van der Waals surface area contributed by atoms with Gasteiger partial charge in [-0.3, -0.25) is 0 Å². The lowest BCUT2D eigenvalue weighted by Crippen LogP contribution is -2.13. The highest BCUT2D eigenvalue weighted by Crippen LogP contribution is 2.01. The second-order valence-corrected chi connectivity index (χ2v) is 4.17. The first-order valence-corrected chi connectivity index (χ1v) is 5.98. The molecular formula is C11H14N6S. The predicted octanol–water partition coefficient (Wildman–Crippen LogP) is 0.809. The van der Waals surface area contributed by atoms with Crippen molar-refractivity contribution in [3.63, 3.8) is 0 Å². The number of anilines is 1. The lowest BCUT2D eigenvalue weighted by Gasteiger charge is -2.06. The van der Waals surface area contributed by atoms with Crippen LogP contribution in [0.5, 0.6) is 0 Å². The van der Waals surface area contributed by atoms with Gasteiger partial charge in [0.2, 0.25) is 0 Å². The summed E-state index contributed by atoms with van der Waals surface area (Å²) in [6.07, 6.45) is 9.70. The van der Waals surface area contributed by atoms with Crippen LogP contribution in [-0.4, -0.2) is 31.1 Å². The number of aromatic nitrogens is 4. The Labute approximate surface area is 110 Å². The quantitative estimate of drug-likeness (QED) is 0.592. The van der Waals surface area contributed by atoms with Gasteiger partial charge < -0.3 is 15.6 Å². The molecule has 0 saturated heterocycles. The maximum absolute atomic E-state index is 5.44. The number of nitrogens with zero attached hydrogens (tertiary/aromatic N) is 4. The van der Waals surface area contributed by atoms with Crippen molar-refractivity contribution in [2.24, 2.45) is 5.73 Å². The van der Waals surface area contributed by atoms with E-state index in [1.807, 2.05) is 10.8 Å². The van der Waals surface area contributed by atoms with Crippen LogP contribution in [0, 0.1) is 0 Å². The van der Waals surface area contributed by atoms with E-state index in [-0.39, 0.29) is 4.99 Å². The Morgan fingerprint density at radius 3 is 2.89 bits per heavy atom. The second kappa shape index (κ2) is 6.06. The zero-order valence-corrected chi connectivity index (χ0v) is 10.6. The van der Waals surface area contributed by atoms with Gasteiger partial charge in [0.15, 0.2) is 0 Å². The Balaban J connectivity index is 1.75. The van der Waals surface area contributed by atoms with Crippen molar-refractivity contribution in [3.05, 3.63) is 36.8 Å². The smallest absolute Gasteiger partial charge is 0.144 e. The first-order valence-electron chi connectivity index (χ1n) is 5.57. The van der Waals surface area contributed by atoms with Gasteiger partial charge in [-0.25, -0.2) is 15.0 Å². The molecule has 18 heavy (non-hydrogen) atoms. The van der Waals surface area contributed by atoms with E-state index in [1.54, 1.807) is 24.9 Å². The van der Waals surface area contributed by atoms with Crippen LogP contribution in [0.3, 0.4) is 0 Å². The summed E-state index contributed by atoms with van der Waals surface area (Å²) in [5.74, 6) is 0.723. The predicted molar refractivity (Wildman–Crippen MR) is 73.3 cm³/mol. The van der Waals surface area contributed by atoms with Gasteiger partial charge in [-0.05, 0) is 6.42 Å². The van der Waals surface area contributed by atoms with E-state index in [1.165, 1.54) is 0 Å². The molecule has 0 aliphatic rings. The standard InChI is InChI=1S/C11H14N6S/c12-11(18)9-6-16-10(7-15-9)14-2-1-4-17-5-3-13-8-17/h3,5-8H,1-2,4H2,(H2,12,18)(H,14,16). The lowest BCUT2D eigenvalue weighted by molar-refractivity contribution is 0.660. The fourth-order valence-corrected chi connectivity index (χ4v) is 1.55. The third kappa shape index (κ3) is 3.49. The molecule has 2 aromatic heterocycles. The van der Waals surface area contributed by atoms with E-state index in [0.29, 0.717) is 5.69 Å². The maximum atomic E-state index is 5.44. The van der Waals surface area contributed by atoms with E-state index >= 15 is 0 Å². The van der Waals surface area contributed by atoms with Gasteiger partial charge in [0.1, 0.15) is 16.5 Å². The molecule has 0 amide bonds. The zero-order valence-electron chi connectivity index (χ0n) is 9.78. The van der Waals surface area contributed by atoms with Crippen LogP contribution in [0.4, 0.5) is 5.82 Å². The molecule has 2 aromatic rings. The summed E-state index contributed by atoms with van der Waals surface area (Å²) >= 11 is 4.80. The highest BCUT2D eigenvalue weighted by molar-refractivity contribution is 7.80. The molecule has 2 rings (SSSR count). The Morgan fingerprint density at radius 1 is 1.39 bits per heavy atom. The molecule has 0 spiro atoms. The van der Waals surface area contributed by atoms with Crippen molar-refractivity contribution < 1.29 is 0 Å². The summed E-state index contributed by atoms with van der Waals surface area (Å²) < 4.78 is 2.03. The van der Waals surface area contributed by atoms with Crippen molar-refractivity contribution in [1.82, 2.24) is 19.5 Å². The van der Waals surface area contributed by atoms with Gasteiger partial charge in [-0.2, -0.15) is 0 Å². The van der Waals surface area contributed by atoms with Crippen molar-refractivity contribution in [1.29, 1.82) is 0 Å². The highest BCUT2D eigenvalue weighted by Gasteiger charge is 1.99. The van der Waals surface area contributed by atoms with Gasteiger partial charge in [0.05, 0.1) is 18.7 Å². The van der Waals surface area contributed by atoms with Gasteiger partial charge in [0, 0.05) is 25.5 Å². The Kier molecular flexibility index (Phi) is 4.19. The molecule has 0 aliphatic carbocycles. The summed E-state index contributed by atoms with van der Waals surface area (Å²) in [4.78, 5) is 12.5. The van der Waals surface area contributed by atoms with Crippen LogP contribution >= 0.6 is 12.2 Å². The number of hydrogen-bond acceptors (Lipinski definition) is 5. The summed E-state index contributed by atoms with van der Waals surface area (Å²) in [6, 6.07) is 0. The largest absolute Gasteiger partial charge is 0.388 e. The van der Waals surface area contributed by atoms with Gasteiger partial charge in [0.25, 0.3) is 0 Å². The third-order valence-electron chi connectivity index (χ3n) is 2.36. The van der Waals surface area contributed by atoms with Crippen LogP contribution < -0.4 is 11.1 Å². The summed E-state index contributed by atoms with van der Waals surface area (Å²) in [6.45, 7) is 1.74. The molecule has 2 heterocycles. The molecular weight excluding hydrogens is 248 g/mol. The van der Waals surface area contributed by atoms with Crippen LogP contribution in [0.25, 0.3) is 0 Å². The van der Waals surface area contributed by atoms with E-state index < -0.39 is 0 Å². The lowest BCUT2D eigenvalue weighted by atomic mass is 10.4. The average Bonchev–Trinajstić information content (AvgIpc) is 2.88. The third-order valence-corrected chi connectivity index (χ3v) is 2.57. The molecule has 0 saturated carbocycles. The topological polar surface area (TPSA) is 81.6 Å². The SMILES string of the molecule is NC(=S)c1cnc(NCCCn2ccnc2)cn1. The fraction of sp³-hybridized carbons (Fsp3) is 0.273. The van der Waals surface area contributed by atoms with E-state index in [4.69, 9.17) is 18.0 Å². The van der Waals surface area contributed by atoms with Gasteiger partial charge >= 0.3 is 0 Å². The minimum atomic E-state index is 0.258. The molecule has 0 aromatic carbocycles. The molecule has 0 unspecified atom stereocenters. The molecule has 0 radical (unpaired) electrons. The number of aryl methyl sites for hydroxylation is 1. The Bertz CT molecular complexity index is 493. The molecule has 0 fully saturated rings. The zero-order chi connectivity index (χ0) is 12.8. The molecule has 0 bridgehead atoms. The minimum Gasteiger partial charge on any atom is -0.388 e. The van der Waals surface area contributed by atoms with Gasteiger partial charge in [-0.1, -0.05) is 12.2 Å². The van der Waals surface area contributed by atoms with Gasteiger partial charge in [-0.15, -0.1) is 0 Å². The number of imidazole rings is 1. The monoisotopic (exact) mass is 262 g/mol. The summed E-state index contributed by atoms with van der Waals surface area (Å²) in [5.41, 5.74) is 5.98. The van der Waals surface area contributed by atoms with E-state index in [0.717, 1.165) is 25.3 Å². The average molecular weight is 262 g/mol. The molecule has 3 N–H and O–H groups in total. The number of nitrogens with two attached hydrogens (primary N) is 1. The summed E-state index contributed by atoms with van der Waals surface area (Å²) in [5, 5.41) is 3.18. The number of nitrogens with one attached hydrogen (secondary N) is 1. The molecule has 0 aliphatic heterocycles. The van der Waals surface area contributed by atoms with Crippen LogP contribution in [0.2, 0.25) is 0 Å². The van der Waals surface area contributed by atoms with Crippen LogP contribution in [0.1, 0.15) is 12.1 Å². The highest BCUT2D eigenvalue weighted by atomic mass is 32.1. The van der Waals surface area contributed by atoms with Crippen molar-refractivity contribution in [2.45, 2.75) is 13.0 Å². The van der Waals surface area contributed by atoms with E-state index in [2.05, 4.69) is 20.3 Å². The molecule has 6 nitrogen and oxygen atoms in total. The Hall–Kier alpha value is -2.02. The molecule has 0 atom stereocenters. The van der Waals surface area contributed by atoms with Crippen molar-refractivity contribution in [3.8, 4) is 0 Å². The van der Waals surface area contributed by atoms with E-state index in [9.17, 15) is 0 Å². The number of hydrogen-bond donors (Lipinski definition) is 2. The summed E-state index contributed by atoms with van der Waals surface area (Å²) in [7, 11) is 0. The van der Waals surface area contributed by atoms with Crippen molar-refractivity contribution >= 4 is 23.0 Å². The maximum Gasteiger partial charge on any atom is 0.144 e. The van der Waals surface area contributed by atoms with Crippen LogP contribution in [-0.2, 0) is 6.54 Å². The molecule has 7 heteroatoms. The minimum absolute atomic E-state index is 0.258. The van der Waals surface area contributed by atoms with Crippen molar-refractivity contribution in [2.75, 3.05) is 11.9 Å².